The molecule has 3 heteroatoms. The van der Waals surface area contributed by atoms with E-state index in [1.165, 1.54) is 0 Å². The van der Waals surface area contributed by atoms with Crippen LogP contribution in [0.2, 0.25) is 0 Å². The summed E-state index contributed by atoms with van der Waals surface area (Å²) in [6.07, 6.45) is 0. The number of hydrogen-bond donors (Lipinski definition) is 1. The van der Waals surface area contributed by atoms with Crippen molar-refractivity contribution in [3.63, 3.8) is 0 Å². The van der Waals surface area contributed by atoms with E-state index in [0.29, 0.717) is 17.9 Å². The average Bonchev–Trinajstić information content (AvgIpc) is 2.25. The first-order valence-electron chi connectivity index (χ1n) is 4.73. The van der Waals surface area contributed by atoms with Crippen LogP contribution in [0.25, 0.3) is 0 Å². The molecule has 1 aromatic rings. The number of hydrogen-bond acceptors (Lipinski definition) is 2. The zero-order chi connectivity index (χ0) is 11.3. The standard InChI is InChI=1S/C12H15NO2/c1-9(2)8-15-11-6-4-5-10(7-11)12(14)13-3/h4-7H,1,8H2,2-3H3,(H,13,14). The molecule has 0 radical (unpaired) electrons. The third-order valence-corrected chi connectivity index (χ3v) is 1.81. The molecule has 3 nitrogen and oxygen atoms in total. The highest BCUT2D eigenvalue weighted by atomic mass is 16.5. The molecule has 80 valence electrons. The molecule has 0 spiro atoms. The van der Waals surface area contributed by atoms with Crippen molar-refractivity contribution in [3.05, 3.63) is 42.0 Å². The lowest BCUT2D eigenvalue weighted by atomic mass is 10.2. The topological polar surface area (TPSA) is 38.3 Å². The minimum atomic E-state index is -0.115. The van der Waals surface area contributed by atoms with Crippen molar-refractivity contribution in [2.24, 2.45) is 0 Å². The Morgan fingerprint density at radius 1 is 1.53 bits per heavy atom. The molecule has 1 rings (SSSR count). The molecule has 0 aliphatic rings. The molecular formula is C12H15NO2. The van der Waals surface area contributed by atoms with Crippen molar-refractivity contribution >= 4 is 5.91 Å². The molecule has 0 bridgehead atoms. The highest BCUT2D eigenvalue weighted by molar-refractivity contribution is 5.94. The van der Waals surface area contributed by atoms with Gasteiger partial charge >= 0.3 is 0 Å². The maximum Gasteiger partial charge on any atom is 0.251 e. The fourth-order valence-electron chi connectivity index (χ4n) is 1.08. The van der Waals surface area contributed by atoms with Gasteiger partial charge in [0.05, 0.1) is 0 Å². The van der Waals surface area contributed by atoms with Crippen LogP contribution < -0.4 is 10.1 Å². The van der Waals surface area contributed by atoms with E-state index >= 15 is 0 Å². The first kappa shape index (κ1) is 11.3. The summed E-state index contributed by atoms with van der Waals surface area (Å²) in [4.78, 5) is 11.3. The van der Waals surface area contributed by atoms with E-state index in [1.54, 1.807) is 25.2 Å². The number of ether oxygens (including phenoxy) is 1. The van der Waals surface area contributed by atoms with Gasteiger partial charge in [-0.05, 0) is 30.7 Å². The zero-order valence-electron chi connectivity index (χ0n) is 9.04. The fourth-order valence-corrected chi connectivity index (χ4v) is 1.08. The maximum atomic E-state index is 11.3. The van der Waals surface area contributed by atoms with Gasteiger partial charge in [-0.2, -0.15) is 0 Å². The summed E-state index contributed by atoms with van der Waals surface area (Å²) in [5.74, 6) is 0.565. The van der Waals surface area contributed by atoms with Crippen LogP contribution in [0, 0.1) is 0 Å². The monoisotopic (exact) mass is 205 g/mol. The van der Waals surface area contributed by atoms with Crippen LogP contribution in [0.3, 0.4) is 0 Å². The van der Waals surface area contributed by atoms with E-state index in [1.807, 2.05) is 13.0 Å². The van der Waals surface area contributed by atoms with Gasteiger partial charge in [0, 0.05) is 12.6 Å². The highest BCUT2D eigenvalue weighted by Crippen LogP contribution is 2.13. The highest BCUT2D eigenvalue weighted by Gasteiger charge is 2.03. The van der Waals surface area contributed by atoms with Gasteiger partial charge in [-0.1, -0.05) is 12.6 Å². The Hall–Kier alpha value is -1.77. The summed E-state index contributed by atoms with van der Waals surface area (Å²) in [5, 5.41) is 2.56. The lowest BCUT2D eigenvalue weighted by Crippen LogP contribution is -2.17. The molecule has 15 heavy (non-hydrogen) atoms. The van der Waals surface area contributed by atoms with Gasteiger partial charge in [0.2, 0.25) is 0 Å². The molecule has 1 N–H and O–H groups in total. The summed E-state index contributed by atoms with van der Waals surface area (Å²) in [7, 11) is 1.60. The van der Waals surface area contributed by atoms with Crippen LogP contribution in [-0.4, -0.2) is 19.6 Å². The Morgan fingerprint density at radius 3 is 2.87 bits per heavy atom. The Kier molecular flexibility index (Phi) is 3.92. The van der Waals surface area contributed by atoms with Crippen molar-refractivity contribution in [2.45, 2.75) is 6.92 Å². The van der Waals surface area contributed by atoms with Gasteiger partial charge in [0.15, 0.2) is 0 Å². The van der Waals surface area contributed by atoms with Crippen LogP contribution in [0.15, 0.2) is 36.4 Å². The van der Waals surface area contributed by atoms with Crippen LogP contribution >= 0.6 is 0 Å². The predicted octanol–water partition coefficient (Wildman–Crippen LogP) is 2.00. The molecule has 0 aliphatic carbocycles. The Labute approximate surface area is 89.8 Å². The van der Waals surface area contributed by atoms with E-state index in [2.05, 4.69) is 11.9 Å². The number of rotatable bonds is 4. The second-order valence-corrected chi connectivity index (χ2v) is 3.35. The van der Waals surface area contributed by atoms with Gasteiger partial charge < -0.3 is 10.1 Å². The van der Waals surface area contributed by atoms with E-state index in [9.17, 15) is 4.79 Å². The average molecular weight is 205 g/mol. The second-order valence-electron chi connectivity index (χ2n) is 3.35. The van der Waals surface area contributed by atoms with Gasteiger partial charge in [0.25, 0.3) is 5.91 Å². The molecule has 0 aromatic heterocycles. The molecule has 1 amide bonds. The van der Waals surface area contributed by atoms with E-state index in [4.69, 9.17) is 4.74 Å². The summed E-state index contributed by atoms with van der Waals surface area (Å²) in [6, 6.07) is 7.06. The summed E-state index contributed by atoms with van der Waals surface area (Å²) in [6.45, 7) is 6.10. The third-order valence-electron chi connectivity index (χ3n) is 1.81. The molecule has 0 unspecified atom stereocenters. The normalized spacial score (nSPS) is 9.47. The summed E-state index contributed by atoms with van der Waals surface area (Å²) >= 11 is 0. The molecule has 0 saturated heterocycles. The van der Waals surface area contributed by atoms with Crippen LogP contribution in [0.4, 0.5) is 0 Å². The zero-order valence-corrected chi connectivity index (χ0v) is 9.04. The third kappa shape index (κ3) is 3.46. The first-order valence-corrected chi connectivity index (χ1v) is 4.73. The second kappa shape index (κ2) is 5.20. The quantitative estimate of drug-likeness (QED) is 0.763. The number of benzene rings is 1. The number of carbonyl (C=O) groups excluding carboxylic acids is 1. The van der Waals surface area contributed by atoms with E-state index < -0.39 is 0 Å². The first-order chi connectivity index (χ1) is 7.13. The minimum absolute atomic E-state index is 0.115. The minimum Gasteiger partial charge on any atom is -0.489 e. The lowest BCUT2D eigenvalue weighted by Gasteiger charge is -2.06. The Bertz CT molecular complexity index is 372. The fraction of sp³-hybridized carbons (Fsp3) is 0.250. The SMILES string of the molecule is C=C(C)COc1cccc(C(=O)NC)c1. The van der Waals surface area contributed by atoms with Gasteiger partial charge in [-0.15, -0.1) is 0 Å². The summed E-state index contributed by atoms with van der Waals surface area (Å²) in [5.41, 5.74) is 1.54. The largest absolute Gasteiger partial charge is 0.489 e. The van der Waals surface area contributed by atoms with E-state index in [0.717, 1.165) is 5.57 Å². The number of nitrogens with one attached hydrogen (secondary N) is 1. The van der Waals surface area contributed by atoms with Crippen molar-refractivity contribution in [2.75, 3.05) is 13.7 Å². The van der Waals surface area contributed by atoms with Crippen molar-refractivity contribution < 1.29 is 9.53 Å². The summed E-state index contributed by atoms with van der Waals surface area (Å²) < 4.78 is 5.42. The smallest absolute Gasteiger partial charge is 0.251 e. The van der Waals surface area contributed by atoms with Gasteiger partial charge in [0.1, 0.15) is 12.4 Å². The molecule has 0 heterocycles. The van der Waals surface area contributed by atoms with Gasteiger partial charge in [-0.3, -0.25) is 4.79 Å². The number of amides is 1. The molecule has 0 fully saturated rings. The predicted molar refractivity (Wildman–Crippen MR) is 60.1 cm³/mol. The molecule has 1 aromatic carbocycles. The van der Waals surface area contributed by atoms with Crippen LogP contribution in [0.1, 0.15) is 17.3 Å². The van der Waals surface area contributed by atoms with Crippen molar-refractivity contribution in [1.82, 2.24) is 5.32 Å². The van der Waals surface area contributed by atoms with Crippen molar-refractivity contribution in [3.8, 4) is 5.75 Å². The lowest BCUT2D eigenvalue weighted by molar-refractivity contribution is 0.0962. The Balaban J connectivity index is 2.74. The molecular weight excluding hydrogens is 190 g/mol. The maximum absolute atomic E-state index is 11.3. The number of carbonyl (C=O) groups is 1. The van der Waals surface area contributed by atoms with Gasteiger partial charge in [-0.25, -0.2) is 0 Å². The Morgan fingerprint density at radius 2 is 2.27 bits per heavy atom. The van der Waals surface area contributed by atoms with Crippen LogP contribution in [-0.2, 0) is 0 Å². The molecule has 0 saturated carbocycles. The molecule has 0 atom stereocenters. The van der Waals surface area contributed by atoms with Crippen LogP contribution in [0.5, 0.6) is 5.75 Å². The van der Waals surface area contributed by atoms with E-state index in [-0.39, 0.29) is 5.91 Å². The van der Waals surface area contributed by atoms with Crippen molar-refractivity contribution in [1.29, 1.82) is 0 Å². The molecule has 0 aliphatic heterocycles.